The van der Waals surface area contributed by atoms with Crippen LogP contribution in [0.2, 0.25) is 0 Å². The lowest BCUT2D eigenvalue weighted by molar-refractivity contribution is 0.101. The largest absolute Gasteiger partial charge is 0.360 e. The highest BCUT2D eigenvalue weighted by Crippen LogP contribution is 2.12. The highest BCUT2D eigenvalue weighted by Gasteiger charge is 2.18. The number of nitrogens with zero attached hydrogens (tertiary/aromatic N) is 1. The first-order valence-corrected chi connectivity index (χ1v) is 7.90. The summed E-state index contributed by atoms with van der Waals surface area (Å²) in [5, 5.41) is 7.21. The number of ketones is 1. The second-order valence-corrected chi connectivity index (χ2v) is 5.85. The summed E-state index contributed by atoms with van der Waals surface area (Å²) in [5.41, 5.74) is 1.62. The van der Waals surface area contributed by atoms with Gasteiger partial charge in [-0.15, -0.1) is 0 Å². The maximum Gasteiger partial charge on any atom is 0.170 e. The van der Waals surface area contributed by atoms with Crippen molar-refractivity contribution in [2.45, 2.75) is 32.7 Å². The van der Waals surface area contributed by atoms with Crippen LogP contribution in [0.1, 0.15) is 37.0 Å². The number of thiocarbonyl (C=S) groups is 1. The third-order valence-corrected chi connectivity index (χ3v) is 4.14. The maximum absolute atomic E-state index is 11.2. The summed E-state index contributed by atoms with van der Waals surface area (Å²) in [5.74, 6) is 0.0740. The molecule has 5 heteroatoms. The molecule has 4 nitrogen and oxygen atoms in total. The fourth-order valence-electron chi connectivity index (χ4n) is 2.53. The predicted octanol–water partition coefficient (Wildman–Crippen LogP) is 2.66. The molecule has 0 amide bonds. The van der Waals surface area contributed by atoms with Crippen LogP contribution in [0.4, 0.5) is 5.69 Å². The van der Waals surface area contributed by atoms with E-state index in [1.54, 1.807) is 6.92 Å². The Morgan fingerprint density at radius 3 is 2.43 bits per heavy atom. The van der Waals surface area contributed by atoms with Crippen LogP contribution in [0.15, 0.2) is 24.3 Å². The summed E-state index contributed by atoms with van der Waals surface area (Å²) in [4.78, 5) is 13.7. The van der Waals surface area contributed by atoms with Crippen molar-refractivity contribution >= 4 is 28.8 Å². The first-order valence-electron chi connectivity index (χ1n) is 7.49. The van der Waals surface area contributed by atoms with Gasteiger partial charge in [0.2, 0.25) is 0 Å². The molecule has 0 saturated carbocycles. The molecule has 1 aliphatic rings. The van der Waals surface area contributed by atoms with E-state index in [0.29, 0.717) is 16.7 Å². The zero-order chi connectivity index (χ0) is 15.2. The Hall–Kier alpha value is -1.46. The standard InChI is InChI=1S/C16H23N3OS/c1-3-19-10-8-15(9-11-19)18-16(21)17-14-6-4-13(5-7-14)12(2)20/h4-7,15H,3,8-11H2,1-2H3,(H2,17,18,21). The van der Waals surface area contributed by atoms with Crippen LogP contribution < -0.4 is 10.6 Å². The molecule has 0 unspecified atom stereocenters. The van der Waals surface area contributed by atoms with E-state index in [9.17, 15) is 4.79 Å². The van der Waals surface area contributed by atoms with E-state index in [1.807, 2.05) is 24.3 Å². The molecule has 2 N–H and O–H groups in total. The molecule has 0 aromatic heterocycles. The average Bonchev–Trinajstić information content (AvgIpc) is 2.48. The van der Waals surface area contributed by atoms with Crippen molar-refractivity contribution in [3.63, 3.8) is 0 Å². The van der Waals surface area contributed by atoms with E-state index >= 15 is 0 Å². The van der Waals surface area contributed by atoms with Gasteiger partial charge in [-0.2, -0.15) is 0 Å². The Balaban J connectivity index is 1.80. The minimum Gasteiger partial charge on any atom is -0.360 e. The second-order valence-electron chi connectivity index (χ2n) is 5.44. The minimum atomic E-state index is 0.0740. The van der Waals surface area contributed by atoms with Crippen molar-refractivity contribution in [1.29, 1.82) is 0 Å². The highest BCUT2D eigenvalue weighted by atomic mass is 32.1. The number of carbonyl (C=O) groups is 1. The molecule has 1 aromatic rings. The number of benzene rings is 1. The molecule has 1 aliphatic heterocycles. The Bertz CT molecular complexity index is 493. The van der Waals surface area contributed by atoms with Crippen molar-refractivity contribution in [2.75, 3.05) is 25.0 Å². The number of nitrogens with one attached hydrogen (secondary N) is 2. The van der Waals surface area contributed by atoms with Crippen molar-refractivity contribution in [3.05, 3.63) is 29.8 Å². The molecule has 0 radical (unpaired) electrons. The van der Waals surface area contributed by atoms with Crippen LogP contribution in [0.3, 0.4) is 0 Å². The van der Waals surface area contributed by atoms with Gasteiger partial charge in [-0.1, -0.05) is 6.92 Å². The SMILES string of the molecule is CCN1CCC(NC(=S)Nc2ccc(C(C)=O)cc2)CC1. The van der Waals surface area contributed by atoms with Gasteiger partial charge in [0.1, 0.15) is 0 Å². The van der Waals surface area contributed by atoms with Gasteiger partial charge in [0, 0.05) is 30.4 Å². The first kappa shape index (κ1) is 15.9. The molecule has 1 heterocycles. The highest BCUT2D eigenvalue weighted by molar-refractivity contribution is 7.80. The zero-order valence-corrected chi connectivity index (χ0v) is 13.5. The lowest BCUT2D eigenvalue weighted by atomic mass is 10.1. The molecule has 114 valence electrons. The third-order valence-electron chi connectivity index (χ3n) is 3.92. The van der Waals surface area contributed by atoms with Crippen molar-refractivity contribution in [1.82, 2.24) is 10.2 Å². The number of hydrogen-bond donors (Lipinski definition) is 2. The van der Waals surface area contributed by atoms with Crippen molar-refractivity contribution < 1.29 is 4.79 Å². The molecule has 0 aliphatic carbocycles. The predicted molar refractivity (Wildman–Crippen MR) is 90.9 cm³/mol. The van der Waals surface area contributed by atoms with Crippen LogP contribution in [-0.2, 0) is 0 Å². The quantitative estimate of drug-likeness (QED) is 0.661. The smallest absolute Gasteiger partial charge is 0.170 e. The van der Waals surface area contributed by atoms with E-state index in [4.69, 9.17) is 12.2 Å². The zero-order valence-electron chi connectivity index (χ0n) is 12.7. The summed E-state index contributed by atoms with van der Waals surface area (Å²) in [7, 11) is 0. The van der Waals surface area contributed by atoms with Crippen LogP contribution in [0.5, 0.6) is 0 Å². The lowest BCUT2D eigenvalue weighted by Gasteiger charge is -2.32. The lowest BCUT2D eigenvalue weighted by Crippen LogP contribution is -2.45. The number of likely N-dealkylation sites (tertiary alicyclic amines) is 1. The molecule has 0 atom stereocenters. The molecular weight excluding hydrogens is 282 g/mol. The first-order chi connectivity index (χ1) is 10.1. The van der Waals surface area contributed by atoms with Gasteiger partial charge in [0.25, 0.3) is 0 Å². The van der Waals surface area contributed by atoms with E-state index in [1.165, 1.54) is 0 Å². The monoisotopic (exact) mass is 305 g/mol. The Kier molecular flexibility index (Phi) is 5.70. The summed E-state index contributed by atoms with van der Waals surface area (Å²) < 4.78 is 0. The van der Waals surface area contributed by atoms with Gasteiger partial charge in [0.15, 0.2) is 10.9 Å². The van der Waals surface area contributed by atoms with Crippen LogP contribution in [0, 0.1) is 0 Å². The van der Waals surface area contributed by atoms with Crippen molar-refractivity contribution in [3.8, 4) is 0 Å². The number of hydrogen-bond acceptors (Lipinski definition) is 3. The van der Waals surface area contributed by atoms with E-state index in [2.05, 4.69) is 22.5 Å². The van der Waals surface area contributed by atoms with Gasteiger partial charge in [0.05, 0.1) is 0 Å². The number of carbonyl (C=O) groups excluding carboxylic acids is 1. The van der Waals surface area contributed by atoms with E-state index < -0.39 is 0 Å². The average molecular weight is 305 g/mol. The molecular formula is C16H23N3OS. The molecule has 1 saturated heterocycles. The van der Waals surface area contributed by atoms with Crippen molar-refractivity contribution in [2.24, 2.45) is 0 Å². The van der Waals surface area contributed by atoms with Gasteiger partial charge >= 0.3 is 0 Å². The number of anilines is 1. The Morgan fingerprint density at radius 2 is 1.90 bits per heavy atom. The summed E-state index contributed by atoms with van der Waals surface area (Å²) in [6.07, 6.45) is 2.25. The molecule has 21 heavy (non-hydrogen) atoms. The van der Waals surface area contributed by atoms with Gasteiger partial charge in [-0.25, -0.2) is 0 Å². The molecule has 2 rings (SSSR count). The van der Waals surface area contributed by atoms with Gasteiger partial charge in [-0.3, -0.25) is 4.79 Å². The summed E-state index contributed by atoms with van der Waals surface area (Å²) in [6.45, 7) is 7.15. The number of piperidine rings is 1. The normalized spacial score (nSPS) is 16.5. The van der Waals surface area contributed by atoms with E-state index in [0.717, 1.165) is 38.2 Å². The molecule has 0 spiro atoms. The van der Waals surface area contributed by atoms with Crippen LogP contribution >= 0.6 is 12.2 Å². The van der Waals surface area contributed by atoms with Crippen LogP contribution in [0.25, 0.3) is 0 Å². The Morgan fingerprint density at radius 1 is 1.29 bits per heavy atom. The van der Waals surface area contributed by atoms with Gasteiger partial charge < -0.3 is 15.5 Å². The minimum absolute atomic E-state index is 0.0740. The Labute approximate surface area is 131 Å². The van der Waals surface area contributed by atoms with Crippen LogP contribution in [-0.4, -0.2) is 41.5 Å². The van der Waals surface area contributed by atoms with Gasteiger partial charge in [-0.05, 0) is 62.8 Å². The molecule has 1 fully saturated rings. The number of Topliss-reactive ketones (excluding diaryl/α,β-unsaturated/α-hetero) is 1. The summed E-state index contributed by atoms with van der Waals surface area (Å²) in [6, 6.07) is 7.83. The van der Waals surface area contributed by atoms with E-state index in [-0.39, 0.29) is 5.78 Å². The molecule has 1 aromatic carbocycles. The second kappa shape index (κ2) is 7.52. The fourth-order valence-corrected chi connectivity index (χ4v) is 2.82. The topological polar surface area (TPSA) is 44.4 Å². The third kappa shape index (κ3) is 4.79. The number of rotatable bonds is 4. The molecule has 0 bridgehead atoms. The fraction of sp³-hybridized carbons (Fsp3) is 0.500. The summed E-state index contributed by atoms with van der Waals surface area (Å²) >= 11 is 5.36. The maximum atomic E-state index is 11.2.